The van der Waals surface area contributed by atoms with Crippen LogP contribution in [-0.4, -0.2) is 152 Å². The van der Waals surface area contributed by atoms with E-state index in [4.69, 9.17) is 33.5 Å². The van der Waals surface area contributed by atoms with Gasteiger partial charge in [0, 0.05) is 13.1 Å². The highest BCUT2D eigenvalue weighted by atomic mass is 32.2. The van der Waals surface area contributed by atoms with Crippen LogP contribution in [0.4, 0.5) is 57.1 Å². The highest BCUT2D eigenvalue weighted by molar-refractivity contribution is 7.90. The lowest BCUT2D eigenvalue weighted by molar-refractivity contribution is -0.433. The fraction of sp³-hybridized carbons (Fsp3) is 1.00. The fourth-order valence-electron chi connectivity index (χ4n) is 2.96. The zero-order valence-electron chi connectivity index (χ0n) is 24.1. The largest absolute Gasteiger partial charge is 0.460 e. The van der Waals surface area contributed by atoms with Crippen molar-refractivity contribution in [3.63, 3.8) is 0 Å². The number of hydrogen-bond acceptors (Lipinski definition) is 9. The molecule has 0 aliphatic carbocycles. The lowest BCUT2D eigenvalue weighted by atomic mass is 9.98. The highest BCUT2D eigenvalue weighted by Gasteiger charge is 2.92. The Balaban J connectivity index is 4.67. The smallest absolute Gasteiger partial charge is 0.394 e. The van der Waals surface area contributed by atoms with Crippen LogP contribution >= 0.6 is 0 Å². The van der Waals surface area contributed by atoms with Crippen molar-refractivity contribution >= 4 is 10.0 Å². The molecule has 278 valence electrons. The van der Waals surface area contributed by atoms with E-state index in [1.54, 1.807) is 0 Å². The van der Waals surface area contributed by atoms with Crippen LogP contribution < -0.4 is 0 Å². The van der Waals surface area contributed by atoms with Crippen LogP contribution in [0.2, 0.25) is 0 Å². The number of hydrogen-bond donors (Lipinski definition) is 1. The molecule has 24 heteroatoms. The van der Waals surface area contributed by atoms with Crippen LogP contribution in [0, 0.1) is 0 Å². The van der Waals surface area contributed by atoms with E-state index in [0.717, 1.165) is 0 Å². The molecule has 0 aliphatic rings. The first-order chi connectivity index (χ1) is 21.0. The summed E-state index contributed by atoms with van der Waals surface area (Å²) >= 11 is 0. The van der Waals surface area contributed by atoms with Crippen molar-refractivity contribution in [3.05, 3.63) is 0 Å². The summed E-state index contributed by atoms with van der Waals surface area (Å²) in [6, 6.07) is 0. The zero-order chi connectivity index (χ0) is 35.9. The van der Waals surface area contributed by atoms with Gasteiger partial charge in [-0.2, -0.15) is 61.4 Å². The Hall–Kier alpha value is -1.28. The average Bonchev–Trinajstić information content (AvgIpc) is 2.94. The second kappa shape index (κ2) is 19.0. The molecule has 0 aromatic carbocycles. The van der Waals surface area contributed by atoms with E-state index in [0.29, 0.717) is 26.7 Å². The Morgan fingerprint density at radius 1 is 0.500 bits per heavy atom. The van der Waals surface area contributed by atoms with E-state index in [1.807, 2.05) is 0 Å². The highest BCUT2D eigenvalue weighted by Crippen LogP contribution is 2.61. The van der Waals surface area contributed by atoms with Gasteiger partial charge in [0.25, 0.3) is 10.0 Å². The average molecular weight is 736 g/mol. The maximum atomic E-state index is 14.3. The van der Waals surface area contributed by atoms with Crippen LogP contribution in [0.3, 0.4) is 0 Å². The first-order valence-corrected chi connectivity index (χ1v) is 14.5. The van der Waals surface area contributed by atoms with Crippen molar-refractivity contribution < 1.29 is 99.0 Å². The summed E-state index contributed by atoms with van der Waals surface area (Å²) in [5.74, 6) is -32.4. The van der Waals surface area contributed by atoms with Crippen molar-refractivity contribution in [1.29, 1.82) is 0 Å². The molecule has 0 atom stereocenters. The molecular formula is C22H34F13NO9S. The molecule has 1 N–H and O–H groups in total. The lowest BCUT2D eigenvalue weighted by Gasteiger charge is -2.40. The molecule has 46 heavy (non-hydrogen) atoms. The molecule has 0 saturated heterocycles. The van der Waals surface area contributed by atoms with E-state index in [1.165, 1.54) is 0 Å². The third-order valence-electron chi connectivity index (χ3n) is 5.50. The van der Waals surface area contributed by atoms with Gasteiger partial charge in [-0.1, -0.05) is 6.92 Å². The molecule has 0 rings (SSSR count). The fourth-order valence-corrected chi connectivity index (χ4v) is 4.39. The third-order valence-corrected chi connectivity index (χ3v) is 7.53. The van der Waals surface area contributed by atoms with Crippen molar-refractivity contribution in [2.75, 3.05) is 99.0 Å². The molecule has 0 spiro atoms. The number of nitrogens with zero attached hydrogens (tertiary/aromatic N) is 1. The van der Waals surface area contributed by atoms with E-state index in [2.05, 4.69) is 0 Å². The number of rotatable bonds is 27. The minimum absolute atomic E-state index is 0.00328. The molecule has 0 heterocycles. The van der Waals surface area contributed by atoms with Crippen LogP contribution in [0.1, 0.15) is 6.92 Å². The van der Waals surface area contributed by atoms with Crippen LogP contribution in [-0.2, 0) is 38.4 Å². The molecule has 0 aliphatic heterocycles. The predicted octanol–water partition coefficient (Wildman–Crippen LogP) is 3.43. The Kier molecular flexibility index (Phi) is 18.5. The standard InChI is InChI=1S/C22H34F13NO9S/c1-2-36(3-5-40-7-9-42-11-13-44-15-16-45-14-12-43-10-8-41-6-4-37)46(38,39)22(34,35)20(29,30)18(25,26)17(23,24)19(27,28)21(31,32)33/h37H,2-16H2,1H3. The van der Waals surface area contributed by atoms with Gasteiger partial charge in [0.1, 0.15) is 0 Å². The maximum absolute atomic E-state index is 14.3. The first-order valence-electron chi connectivity index (χ1n) is 13.0. The van der Waals surface area contributed by atoms with Crippen molar-refractivity contribution in [1.82, 2.24) is 4.31 Å². The van der Waals surface area contributed by atoms with Crippen LogP contribution in [0.15, 0.2) is 0 Å². The summed E-state index contributed by atoms with van der Waals surface area (Å²) in [6.45, 7) is -1.44. The topological polar surface area (TPSA) is 113 Å². The normalized spacial score (nSPS) is 14.4. The Morgan fingerprint density at radius 2 is 0.804 bits per heavy atom. The quantitative estimate of drug-likeness (QED) is 0.100. The monoisotopic (exact) mass is 735 g/mol. The van der Waals surface area contributed by atoms with Gasteiger partial charge >= 0.3 is 35.1 Å². The maximum Gasteiger partial charge on any atom is 0.460 e. The summed E-state index contributed by atoms with van der Waals surface area (Å²) in [7, 11) is -7.10. The van der Waals surface area contributed by atoms with Crippen molar-refractivity contribution in [3.8, 4) is 0 Å². The summed E-state index contributed by atoms with van der Waals surface area (Å²) in [4.78, 5) is 0. The number of sulfonamides is 1. The molecule has 0 radical (unpaired) electrons. The lowest BCUT2D eigenvalue weighted by Crippen LogP contribution is -2.71. The number of halogens is 13. The molecule has 0 amide bonds. The van der Waals surface area contributed by atoms with Gasteiger partial charge in [0.15, 0.2) is 0 Å². The molecule has 0 aromatic heterocycles. The molecule has 10 nitrogen and oxygen atoms in total. The third kappa shape index (κ3) is 11.1. The van der Waals surface area contributed by atoms with Gasteiger partial charge in [-0.15, -0.1) is 0 Å². The Morgan fingerprint density at radius 3 is 1.11 bits per heavy atom. The number of aliphatic hydroxyl groups excluding tert-OH is 1. The van der Waals surface area contributed by atoms with Crippen LogP contribution in [0.25, 0.3) is 0 Å². The molecule has 0 unspecified atom stereocenters. The number of likely N-dealkylation sites (N-methyl/N-ethyl adjacent to an activating group) is 1. The molecular weight excluding hydrogens is 701 g/mol. The van der Waals surface area contributed by atoms with E-state index < -0.39 is 69.1 Å². The molecule has 0 fully saturated rings. The summed E-state index contributed by atoms with van der Waals surface area (Å²) in [5.41, 5.74) is 0. The second-order valence-electron chi connectivity index (χ2n) is 8.71. The minimum atomic E-state index is -8.23. The summed E-state index contributed by atoms with van der Waals surface area (Å²) in [6.07, 6.45) is -7.61. The van der Waals surface area contributed by atoms with E-state index in [-0.39, 0.29) is 59.5 Å². The Bertz CT molecular complexity index is 958. The van der Waals surface area contributed by atoms with Crippen LogP contribution in [0.5, 0.6) is 0 Å². The Labute approximate surface area is 255 Å². The number of alkyl halides is 13. The molecule has 0 aromatic rings. The zero-order valence-corrected chi connectivity index (χ0v) is 24.9. The van der Waals surface area contributed by atoms with E-state index in [9.17, 15) is 65.5 Å². The number of aliphatic hydroxyl groups is 1. The molecule has 0 saturated carbocycles. The first kappa shape index (κ1) is 44.7. The van der Waals surface area contributed by atoms with Gasteiger partial charge < -0.3 is 33.5 Å². The van der Waals surface area contributed by atoms with Gasteiger partial charge in [-0.25, -0.2) is 8.42 Å². The second-order valence-corrected chi connectivity index (χ2v) is 10.7. The SMILES string of the molecule is CCN(CCOCCOCCOCCOCCOCCOCCO)S(=O)(=O)C(F)(F)C(F)(F)C(F)(F)C(F)(F)C(F)(F)C(F)(F)F. The van der Waals surface area contributed by atoms with Gasteiger partial charge in [-0.3, -0.25) is 0 Å². The summed E-state index contributed by atoms with van der Waals surface area (Å²) in [5, 5.41) is 1.22. The van der Waals surface area contributed by atoms with E-state index >= 15 is 0 Å². The minimum Gasteiger partial charge on any atom is -0.394 e. The van der Waals surface area contributed by atoms with Gasteiger partial charge in [-0.05, 0) is 0 Å². The van der Waals surface area contributed by atoms with Crippen molar-refractivity contribution in [2.45, 2.75) is 42.0 Å². The molecule has 0 bridgehead atoms. The van der Waals surface area contributed by atoms with Gasteiger partial charge in [0.05, 0.1) is 85.9 Å². The predicted molar refractivity (Wildman–Crippen MR) is 129 cm³/mol. The van der Waals surface area contributed by atoms with Gasteiger partial charge in [0.2, 0.25) is 0 Å². The summed E-state index contributed by atoms with van der Waals surface area (Å²) < 4.78 is 227. The van der Waals surface area contributed by atoms with Crippen molar-refractivity contribution in [2.24, 2.45) is 0 Å². The number of ether oxygens (including phenoxy) is 6.